The zero-order chi connectivity index (χ0) is 26.9. The summed E-state index contributed by atoms with van der Waals surface area (Å²) in [5, 5.41) is 5.18. The number of carbonyl (C=O) groups is 2. The molecular weight excluding hydrogens is 494 g/mol. The fraction of sp³-hybridized carbons (Fsp3) is 0.154. The van der Waals surface area contributed by atoms with E-state index in [2.05, 4.69) is 10.6 Å². The number of anilines is 1. The van der Waals surface area contributed by atoms with Crippen molar-refractivity contribution >= 4 is 28.5 Å². The first-order chi connectivity index (χ1) is 17.5. The summed E-state index contributed by atoms with van der Waals surface area (Å²) < 4.78 is 63.8. The number of ether oxygens (including phenoxy) is 1. The van der Waals surface area contributed by atoms with E-state index in [4.69, 9.17) is 14.9 Å². The van der Waals surface area contributed by atoms with E-state index in [9.17, 15) is 27.2 Å². The highest BCUT2D eigenvalue weighted by molar-refractivity contribution is 6.13. The van der Waals surface area contributed by atoms with Crippen molar-refractivity contribution in [2.75, 3.05) is 26.0 Å². The van der Waals surface area contributed by atoms with Crippen LogP contribution in [0, 0.1) is 5.82 Å². The number of hydrogen-bond donors (Lipinski definition) is 3. The molecule has 1 aromatic heterocycles. The number of furan rings is 1. The Bertz CT molecular complexity index is 1490. The highest BCUT2D eigenvalue weighted by Crippen LogP contribution is 2.41. The van der Waals surface area contributed by atoms with Crippen molar-refractivity contribution in [2.24, 2.45) is 5.73 Å². The third-order valence-electron chi connectivity index (χ3n) is 5.64. The van der Waals surface area contributed by atoms with E-state index in [0.717, 1.165) is 0 Å². The lowest BCUT2D eigenvalue weighted by Gasteiger charge is -2.16. The molecule has 11 heteroatoms. The van der Waals surface area contributed by atoms with Crippen molar-refractivity contribution < 1.29 is 36.3 Å². The monoisotopic (exact) mass is 515 g/mol. The van der Waals surface area contributed by atoms with Crippen LogP contribution in [0.2, 0.25) is 0 Å². The van der Waals surface area contributed by atoms with Crippen LogP contribution in [0.3, 0.4) is 0 Å². The number of hydrogen-bond acceptors (Lipinski definition) is 5. The molecule has 0 spiro atoms. The van der Waals surface area contributed by atoms with Crippen molar-refractivity contribution in [3.63, 3.8) is 0 Å². The van der Waals surface area contributed by atoms with Gasteiger partial charge in [0.2, 0.25) is 0 Å². The summed E-state index contributed by atoms with van der Waals surface area (Å²) in [7, 11) is 2.76. The molecule has 0 aliphatic carbocycles. The fourth-order valence-corrected chi connectivity index (χ4v) is 3.95. The molecule has 4 aromatic rings. The molecule has 0 aliphatic rings. The molecule has 37 heavy (non-hydrogen) atoms. The molecule has 192 valence electrons. The maximum atomic E-state index is 13.5. The van der Waals surface area contributed by atoms with Gasteiger partial charge in [0.15, 0.2) is 0 Å². The number of primary amides is 1. The number of halogens is 4. The van der Waals surface area contributed by atoms with E-state index in [0.29, 0.717) is 16.5 Å². The lowest BCUT2D eigenvalue weighted by molar-refractivity contribution is -0.115. The van der Waals surface area contributed by atoms with Gasteiger partial charge in [-0.15, -0.1) is 0 Å². The Hall–Kier alpha value is -4.54. The third-order valence-corrected chi connectivity index (χ3v) is 5.64. The number of fused-ring (bicyclic) bond motifs is 1. The minimum atomic E-state index is -4.53. The van der Waals surface area contributed by atoms with Crippen LogP contribution in [0.25, 0.3) is 33.4 Å². The zero-order valence-electron chi connectivity index (χ0n) is 19.6. The first-order valence-electron chi connectivity index (χ1n) is 10.9. The van der Waals surface area contributed by atoms with Gasteiger partial charge < -0.3 is 25.5 Å². The summed E-state index contributed by atoms with van der Waals surface area (Å²) in [5.41, 5.74) is 6.73. The Morgan fingerprint density at radius 2 is 1.70 bits per heavy atom. The van der Waals surface area contributed by atoms with Crippen molar-refractivity contribution in [1.82, 2.24) is 5.32 Å². The molecule has 0 fully saturated rings. The number of nitrogens with two attached hydrogens (primary N) is 1. The molecule has 2 amide bonds. The van der Waals surface area contributed by atoms with E-state index in [-0.39, 0.29) is 39.5 Å². The van der Waals surface area contributed by atoms with Crippen LogP contribution in [0.1, 0.15) is 20.7 Å². The Kier molecular flexibility index (Phi) is 6.80. The minimum absolute atomic E-state index is 0.0209. The van der Waals surface area contributed by atoms with Crippen LogP contribution in [-0.4, -0.2) is 38.7 Å². The Labute approximate surface area is 208 Å². The maximum absolute atomic E-state index is 13.5. The van der Waals surface area contributed by atoms with E-state index in [1.54, 1.807) is 6.07 Å². The highest BCUT2D eigenvalue weighted by Gasteiger charge is 2.28. The second-order valence-corrected chi connectivity index (χ2v) is 8.03. The van der Waals surface area contributed by atoms with Crippen LogP contribution < -0.4 is 21.1 Å². The average Bonchev–Trinajstić information content (AvgIpc) is 3.24. The predicted octanol–water partition coefficient (Wildman–Crippen LogP) is 5.35. The first kappa shape index (κ1) is 25.5. The predicted molar refractivity (Wildman–Crippen MR) is 130 cm³/mol. The van der Waals surface area contributed by atoms with Gasteiger partial charge in [-0.05, 0) is 48.0 Å². The molecule has 0 saturated carbocycles. The molecule has 4 N–H and O–H groups in total. The fourth-order valence-electron chi connectivity index (χ4n) is 3.95. The average molecular weight is 515 g/mol. The van der Waals surface area contributed by atoms with E-state index >= 15 is 0 Å². The van der Waals surface area contributed by atoms with Crippen LogP contribution in [0.5, 0.6) is 5.75 Å². The number of nitrogens with one attached hydrogen (secondary N) is 2. The molecule has 0 saturated heterocycles. The molecule has 0 aliphatic heterocycles. The summed E-state index contributed by atoms with van der Waals surface area (Å²) in [6.07, 6.45) is -4.53. The zero-order valence-corrected chi connectivity index (χ0v) is 19.6. The van der Waals surface area contributed by atoms with Crippen molar-refractivity contribution in [3.05, 3.63) is 71.5 Å². The summed E-state index contributed by atoms with van der Waals surface area (Å²) in [5.74, 6) is -1.51. The SMILES string of the molecule is CNC(=O)c1c(-c2ccc(F)cc2)oc2cc(NCC(F)(F)F)c(-c3ccc(OC)c(C(N)=O)c3)cc12. The van der Waals surface area contributed by atoms with Gasteiger partial charge in [0.1, 0.15) is 29.5 Å². The second kappa shape index (κ2) is 9.84. The summed E-state index contributed by atoms with van der Waals surface area (Å²) >= 11 is 0. The quantitative estimate of drug-likeness (QED) is 0.288. The number of methoxy groups -OCH3 is 1. The van der Waals surface area contributed by atoms with Crippen LogP contribution >= 0.6 is 0 Å². The van der Waals surface area contributed by atoms with Crippen molar-refractivity contribution in [2.45, 2.75) is 6.18 Å². The topological polar surface area (TPSA) is 107 Å². The van der Waals surface area contributed by atoms with E-state index < -0.39 is 30.4 Å². The smallest absolute Gasteiger partial charge is 0.405 e. The standard InChI is InChI=1S/C26H21F4N3O4/c1-32-25(35)22-17-10-16(14-5-8-20(36-2)18(9-14)24(31)34)19(33-12-26(28,29)30)11-21(17)37-23(22)13-3-6-15(27)7-4-13/h3-11,33H,12H2,1-2H3,(H2,31,34)(H,32,35). The number of benzene rings is 3. The molecule has 3 aromatic carbocycles. The molecule has 4 rings (SSSR count). The molecule has 0 unspecified atom stereocenters. The number of rotatable bonds is 7. The van der Waals surface area contributed by atoms with Gasteiger partial charge in [0.05, 0.1) is 18.2 Å². The van der Waals surface area contributed by atoms with Crippen molar-refractivity contribution in [1.29, 1.82) is 0 Å². The van der Waals surface area contributed by atoms with Gasteiger partial charge >= 0.3 is 6.18 Å². The highest BCUT2D eigenvalue weighted by atomic mass is 19.4. The molecule has 1 heterocycles. The van der Waals surface area contributed by atoms with Gasteiger partial charge in [-0.25, -0.2) is 4.39 Å². The number of carbonyl (C=O) groups excluding carboxylic acids is 2. The second-order valence-electron chi connectivity index (χ2n) is 8.03. The van der Waals surface area contributed by atoms with E-state index in [1.165, 1.54) is 62.7 Å². The molecule has 0 bridgehead atoms. The third kappa shape index (κ3) is 5.20. The summed E-state index contributed by atoms with van der Waals surface area (Å²) in [6.45, 7) is -1.35. The molecule has 0 radical (unpaired) electrons. The van der Waals surface area contributed by atoms with Crippen LogP contribution in [-0.2, 0) is 0 Å². The van der Waals surface area contributed by atoms with Crippen LogP contribution in [0.15, 0.2) is 59.0 Å². The van der Waals surface area contributed by atoms with Gasteiger partial charge in [-0.2, -0.15) is 13.2 Å². The Morgan fingerprint density at radius 1 is 1.03 bits per heavy atom. The maximum Gasteiger partial charge on any atom is 0.405 e. The van der Waals surface area contributed by atoms with Crippen molar-refractivity contribution in [3.8, 4) is 28.2 Å². The number of alkyl halides is 3. The number of amides is 2. The Morgan fingerprint density at radius 3 is 2.30 bits per heavy atom. The van der Waals surface area contributed by atoms with E-state index in [1.807, 2.05) is 0 Å². The van der Waals surface area contributed by atoms with Gasteiger partial charge in [-0.3, -0.25) is 9.59 Å². The normalized spacial score (nSPS) is 11.4. The van der Waals surface area contributed by atoms with Crippen LogP contribution in [0.4, 0.5) is 23.2 Å². The Balaban J connectivity index is 2.00. The molecule has 7 nitrogen and oxygen atoms in total. The summed E-state index contributed by atoms with van der Waals surface area (Å²) in [4.78, 5) is 24.8. The lowest BCUT2D eigenvalue weighted by atomic mass is 9.96. The van der Waals surface area contributed by atoms with Gasteiger partial charge in [0, 0.05) is 35.3 Å². The first-order valence-corrected chi connectivity index (χ1v) is 10.9. The largest absolute Gasteiger partial charge is 0.496 e. The minimum Gasteiger partial charge on any atom is -0.496 e. The molecule has 0 atom stereocenters. The lowest BCUT2D eigenvalue weighted by Crippen LogP contribution is -2.21. The van der Waals surface area contributed by atoms with Gasteiger partial charge in [-0.1, -0.05) is 6.07 Å². The van der Waals surface area contributed by atoms with Gasteiger partial charge in [0.25, 0.3) is 11.8 Å². The molecular formula is C26H21F4N3O4. The summed E-state index contributed by atoms with van der Waals surface area (Å²) in [6, 6.07) is 12.5.